The first-order valence-electron chi connectivity index (χ1n) is 12.0. The lowest BCUT2D eigenvalue weighted by Gasteiger charge is -2.04. The van der Waals surface area contributed by atoms with Crippen LogP contribution in [-0.4, -0.2) is 16.1 Å². The van der Waals surface area contributed by atoms with Crippen LogP contribution >= 0.6 is 22.7 Å². The number of rotatable bonds is 18. The molecule has 0 fully saturated rings. The first kappa shape index (κ1) is 25.0. The summed E-state index contributed by atoms with van der Waals surface area (Å²) in [6, 6.07) is 4.02. The van der Waals surface area contributed by atoms with Crippen LogP contribution in [0.15, 0.2) is 17.5 Å². The van der Waals surface area contributed by atoms with Gasteiger partial charge in [0, 0.05) is 6.42 Å². The molecule has 0 spiro atoms. The lowest BCUT2D eigenvalue weighted by Crippen LogP contribution is -2.10. The van der Waals surface area contributed by atoms with Gasteiger partial charge in [0.2, 0.25) is 11.0 Å². The van der Waals surface area contributed by atoms with Crippen molar-refractivity contribution >= 4 is 33.7 Å². The van der Waals surface area contributed by atoms with Crippen LogP contribution in [0.4, 0.5) is 5.13 Å². The van der Waals surface area contributed by atoms with E-state index in [0.717, 1.165) is 22.7 Å². The highest BCUT2D eigenvalue weighted by Crippen LogP contribution is 2.29. The van der Waals surface area contributed by atoms with Gasteiger partial charge in [-0.1, -0.05) is 114 Å². The van der Waals surface area contributed by atoms with Gasteiger partial charge in [0.05, 0.1) is 4.88 Å². The molecule has 0 atom stereocenters. The van der Waals surface area contributed by atoms with Crippen LogP contribution in [0.1, 0.15) is 110 Å². The molecule has 0 aromatic carbocycles. The lowest BCUT2D eigenvalue weighted by molar-refractivity contribution is -0.116. The molecule has 0 aliphatic carbocycles. The van der Waals surface area contributed by atoms with Crippen molar-refractivity contribution in [2.45, 2.75) is 110 Å². The molecule has 0 aliphatic rings. The quantitative estimate of drug-likeness (QED) is 0.232. The van der Waals surface area contributed by atoms with E-state index >= 15 is 0 Å². The molecule has 0 bridgehead atoms. The standard InChI is InChI=1S/C24H39N3OS2/c1-2-3-4-5-6-7-8-9-10-11-12-13-14-15-16-19-22(28)25-24-27-26-23(30-24)21-18-17-20-29-21/h17-18,20H,2-16,19H2,1H3,(H,25,27,28). The van der Waals surface area contributed by atoms with Crippen molar-refractivity contribution < 1.29 is 4.79 Å². The third-order valence-electron chi connectivity index (χ3n) is 5.41. The first-order valence-corrected chi connectivity index (χ1v) is 13.7. The molecule has 168 valence electrons. The third kappa shape index (κ3) is 11.2. The van der Waals surface area contributed by atoms with E-state index in [1.807, 2.05) is 17.5 Å². The molecule has 6 heteroatoms. The maximum Gasteiger partial charge on any atom is 0.226 e. The number of nitrogens with one attached hydrogen (secondary N) is 1. The maximum absolute atomic E-state index is 12.1. The van der Waals surface area contributed by atoms with Gasteiger partial charge in [-0.15, -0.1) is 21.5 Å². The second kappa shape index (κ2) is 16.4. The summed E-state index contributed by atoms with van der Waals surface area (Å²) in [7, 11) is 0. The second-order valence-electron chi connectivity index (χ2n) is 8.14. The van der Waals surface area contributed by atoms with Gasteiger partial charge in [-0.25, -0.2) is 0 Å². The summed E-state index contributed by atoms with van der Waals surface area (Å²) >= 11 is 3.07. The number of thiophene rings is 1. The van der Waals surface area contributed by atoms with Gasteiger partial charge in [-0.2, -0.15) is 0 Å². The van der Waals surface area contributed by atoms with Crippen LogP contribution in [-0.2, 0) is 4.79 Å². The molecule has 1 amide bonds. The van der Waals surface area contributed by atoms with Gasteiger partial charge in [0.1, 0.15) is 0 Å². The van der Waals surface area contributed by atoms with Crippen LogP contribution < -0.4 is 5.32 Å². The summed E-state index contributed by atoms with van der Waals surface area (Å²) in [4.78, 5) is 13.2. The monoisotopic (exact) mass is 449 g/mol. The Hall–Kier alpha value is -1.27. The van der Waals surface area contributed by atoms with E-state index in [1.165, 1.54) is 94.8 Å². The summed E-state index contributed by atoms with van der Waals surface area (Å²) in [6.07, 6.45) is 20.6. The largest absolute Gasteiger partial charge is 0.301 e. The van der Waals surface area contributed by atoms with Crippen LogP contribution in [0, 0.1) is 0 Å². The van der Waals surface area contributed by atoms with Crippen molar-refractivity contribution in [3.05, 3.63) is 17.5 Å². The van der Waals surface area contributed by atoms with E-state index in [-0.39, 0.29) is 5.91 Å². The maximum atomic E-state index is 12.1. The summed E-state index contributed by atoms with van der Waals surface area (Å²) in [6.45, 7) is 2.28. The van der Waals surface area contributed by atoms with Crippen molar-refractivity contribution in [1.29, 1.82) is 0 Å². The van der Waals surface area contributed by atoms with E-state index in [0.29, 0.717) is 11.6 Å². The Morgan fingerprint density at radius 2 is 1.40 bits per heavy atom. The Morgan fingerprint density at radius 3 is 1.93 bits per heavy atom. The zero-order valence-corrected chi connectivity index (χ0v) is 20.3. The number of anilines is 1. The van der Waals surface area contributed by atoms with E-state index in [2.05, 4.69) is 22.4 Å². The highest BCUT2D eigenvalue weighted by atomic mass is 32.1. The highest BCUT2D eigenvalue weighted by Gasteiger charge is 2.10. The summed E-state index contributed by atoms with van der Waals surface area (Å²) in [5, 5.41) is 14.6. The van der Waals surface area contributed by atoms with Crippen molar-refractivity contribution in [1.82, 2.24) is 10.2 Å². The van der Waals surface area contributed by atoms with Gasteiger partial charge >= 0.3 is 0 Å². The fourth-order valence-electron chi connectivity index (χ4n) is 3.61. The zero-order valence-electron chi connectivity index (χ0n) is 18.7. The topological polar surface area (TPSA) is 54.9 Å². The number of nitrogens with zero attached hydrogens (tertiary/aromatic N) is 2. The number of hydrogen-bond acceptors (Lipinski definition) is 5. The van der Waals surface area contributed by atoms with Crippen molar-refractivity contribution in [2.75, 3.05) is 5.32 Å². The third-order valence-corrected chi connectivity index (χ3v) is 7.29. The van der Waals surface area contributed by atoms with Gasteiger partial charge in [-0.05, 0) is 17.9 Å². The summed E-state index contributed by atoms with van der Waals surface area (Å²) in [5.74, 6) is 0.0542. The van der Waals surface area contributed by atoms with E-state index in [4.69, 9.17) is 0 Å². The Morgan fingerprint density at radius 1 is 0.833 bits per heavy atom. The van der Waals surface area contributed by atoms with Crippen LogP contribution in [0.5, 0.6) is 0 Å². The van der Waals surface area contributed by atoms with Crippen LogP contribution in [0.3, 0.4) is 0 Å². The fraction of sp³-hybridized carbons (Fsp3) is 0.708. The molecule has 2 aromatic rings. The zero-order chi connectivity index (χ0) is 21.3. The minimum absolute atomic E-state index is 0.0542. The van der Waals surface area contributed by atoms with E-state index in [1.54, 1.807) is 11.3 Å². The summed E-state index contributed by atoms with van der Waals surface area (Å²) < 4.78 is 0. The number of aromatic nitrogens is 2. The number of carbonyl (C=O) groups is 1. The van der Waals surface area contributed by atoms with Gasteiger partial charge < -0.3 is 5.32 Å². The average Bonchev–Trinajstić information content (AvgIpc) is 3.43. The van der Waals surface area contributed by atoms with Crippen LogP contribution in [0.2, 0.25) is 0 Å². The molecule has 2 heterocycles. The molecule has 1 N–H and O–H groups in total. The molecule has 30 heavy (non-hydrogen) atoms. The van der Waals surface area contributed by atoms with Gasteiger partial charge in [-0.3, -0.25) is 4.79 Å². The fourth-order valence-corrected chi connectivity index (χ4v) is 5.16. The molecular formula is C24H39N3OS2. The molecule has 0 unspecified atom stereocenters. The number of carbonyl (C=O) groups excluding carboxylic acids is 1. The van der Waals surface area contributed by atoms with Gasteiger partial charge in [0.15, 0.2) is 5.01 Å². The minimum atomic E-state index is 0.0542. The SMILES string of the molecule is CCCCCCCCCCCCCCCCCC(=O)Nc1nnc(-c2cccs2)s1. The molecule has 0 saturated carbocycles. The Bertz CT molecular complexity index is 670. The predicted octanol–water partition coefficient (Wildman–Crippen LogP) is 8.47. The Balaban J connectivity index is 1.36. The van der Waals surface area contributed by atoms with E-state index in [9.17, 15) is 4.79 Å². The highest BCUT2D eigenvalue weighted by molar-refractivity contribution is 7.23. The van der Waals surface area contributed by atoms with Crippen molar-refractivity contribution in [2.24, 2.45) is 0 Å². The molecule has 0 aliphatic heterocycles. The second-order valence-corrected chi connectivity index (χ2v) is 10.1. The molecule has 0 radical (unpaired) electrons. The normalized spacial score (nSPS) is 11.1. The molecule has 4 nitrogen and oxygen atoms in total. The van der Waals surface area contributed by atoms with Crippen molar-refractivity contribution in [3.8, 4) is 9.88 Å². The minimum Gasteiger partial charge on any atom is -0.301 e. The molecule has 0 saturated heterocycles. The Labute approximate surface area is 190 Å². The summed E-state index contributed by atoms with van der Waals surface area (Å²) in [5.41, 5.74) is 0. The first-order chi connectivity index (χ1) is 14.8. The van der Waals surface area contributed by atoms with Crippen molar-refractivity contribution in [3.63, 3.8) is 0 Å². The lowest BCUT2D eigenvalue weighted by atomic mass is 10.0. The Kier molecular flexibility index (Phi) is 13.7. The number of unbranched alkanes of at least 4 members (excludes halogenated alkanes) is 14. The van der Waals surface area contributed by atoms with Crippen LogP contribution in [0.25, 0.3) is 9.88 Å². The average molecular weight is 450 g/mol. The number of hydrogen-bond donors (Lipinski definition) is 1. The predicted molar refractivity (Wildman–Crippen MR) is 131 cm³/mol. The van der Waals surface area contributed by atoms with Gasteiger partial charge in [0.25, 0.3) is 0 Å². The molecular weight excluding hydrogens is 410 g/mol. The molecule has 2 aromatic heterocycles. The molecule has 2 rings (SSSR count). The van der Waals surface area contributed by atoms with E-state index < -0.39 is 0 Å². The number of amides is 1. The smallest absolute Gasteiger partial charge is 0.226 e.